The zero-order valence-corrected chi connectivity index (χ0v) is 14.8. The van der Waals surface area contributed by atoms with E-state index < -0.39 is 0 Å². The summed E-state index contributed by atoms with van der Waals surface area (Å²) < 4.78 is 8.39. The monoisotopic (exact) mass is 336 g/mol. The highest BCUT2D eigenvalue weighted by Gasteiger charge is 2.17. The van der Waals surface area contributed by atoms with E-state index in [-0.39, 0.29) is 0 Å². The van der Waals surface area contributed by atoms with E-state index in [4.69, 9.17) is 4.74 Å². The number of benzene rings is 1. The van der Waals surface area contributed by atoms with Crippen LogP contribution in [-0.2, 0) is 7.05 Å². The van der Waals surface area contributed by atoms with Gasteiger partial charge in [0.25, 0.3) is 0 Å². The van der Waals surface area contributed by atoms with Crippen LogP contribution in [0.15, 0.2) is 36.8 Å². The molecule has 2 aromatic heterocycles. The van der Waals surface area contributed by atoms with Gasteiger partial charge < -0.3 is 14.6 Å². The van der Waals surface area contributed by atoms with E-state index in [2.05, 4.69) is 40.4 Å². The Hall–Kier alpha value is -2.56. The molecular weight excluding hydrogens is 312 g/mol. The molecule has 130 valence electrons. The van der Waals surface area contributed by atoms with Gasteiger partial charge in [-0.3, -0.25) is 0 Å². The summed E-state index contributed by atoms with van der Waals surface area (Å²) in [5.41, 5.74) is 4.08. The fraction of sp³-hybridized carbons (Fsp3) is 0.400. The number of rotatable bonds is 4. The minimum Gasteiger partial charge on any atom is -0.488 e. The van der Waals surface area contributed by atoms with Crippen molar-refractivity contribution in [2.45, 2.75) is 45.1 Å². The van der Waals surface area contributed by atoms with Crippen molar-refractivity contribution in [2.24, 2.45) is 7.05 Å². The predicted molar refractivity (Wildman–Crippen MR) is 100 cm³/mol. The van der Waals surface area contributed by atoms with Crippen molar-refractivity contribution < 1.29 is 4.74 Å². The second-order valence-corrected chi connectivity index (χ2v) is 6.89. The van der Waals surface area contributed by atoms with E-state index in [0.29, 0.717) is 6.10 Å². The van der Waals surface area contributed by atoms with Crippen LogP contribution in [0.3, 0.4) is 0 Å². The van der Waals surface area contributed by atoms with Crippen molar-refractivity contribution in [3.63, 3.8) is 0 Å². The normalized spacial score (nSPS) is 15.4. The van der Waals surface area contributed by atoms with Crippen LogP contribution in [0, 0.1) is 6.92 Å². The molecule has 0 bridgehead atoms. The van der Waals surface area contributed by atoms with Gasteiger partial charge >= 0.3 is 0 Å². The molecule has 1 fully saturated rings. The lowest BCUT2D eigenvalue weighted by Crippen LogP contribution is -2.20. The van der Waals surface area contributed by atoms with Crippen LogP contribution in [-0.4, -0.2) is 20.6 Å². The number of ether oxygens (including phenoxy) is 1. The molecule has 4 rings (SSSR count). The molecule has 1 aliphatic rings. The summed E-state index contributed by atoms with van der Waals surface area (Å²) >= 11 is 0. The van der Waals surface area contributed by atoms with Gasteiger partial charge in [0.2, 0.25) is 0 Å². The molecule has 1 aromatic carbocycles. The number of hydrogen-bond acceptors (Lipinski definition) is 4. The van der Waals surface area contributed by atoms with E-state index in [0.717, 1.165) is 41.1 Å². The highest BCUT2D eigenvalue weighted by atomic mass is 16.5. The molecular formula is C20H24N4O. The number of aryl methyl sites for hydroxylation is 2. The minimum atomic E-state index is 0.316. The minimum absolute atomic E-state index is 0.316. The quantitative estimate of drug-likeness (QED) is 0.748. The summed E-state index contributed by atoms with van der Waals surface area (Å²) in [5.74, 6) is 1.71. The molecule has 0 aliphatic heterocycles. The number of hydrogen-bond donors (Lipinski definition) is 1. The maximum Gasteiger partial charge on any atom is 0.158 e. The van der Waals surface area contributed by atoms with Gasteiger partial charge in [0.05, 0.1) is 17.3 Å². The Labute approximate surface area is 148 Å². The third-order valence-corrected chi connectivity index (χ3v) is 4.90. The largest absolute Gasteiger partial charge is 0.488 e. The van der Waals surface area contributed by atoms with Crippen LogP contribution in [0.4, 0.5) is 11.5 Å². The molecule has 1 N–H and O–H groups in total. The molecule has 5 heteroatoms. The zero-order valence-electron chi connectivity index (χ0n) is 14.8. The molecule has 1 aliphatic carbocycles. The molecule has 0 unspecified atom stereocenters. The van der Waals surface area contributed by atoms with Crippen LogP contribution in [0.2, 0.25) is 0 Å². The first kappa shape index (κ1) is 15.9. The lowest BCUT2D eigenvalue weighted by atomic mass is 9.98. The standard InChI is InChI=1S/C20H24N4O/c1-14-8-9-16(18(12-14)25-15-6-4-3-5-7-15)23-20-19-17(21-13-22-20)10-11-24(19)2/h8-13,15H,3-7H2,1-2H3,(H,21,22,23). The van der Waals surface area contributed by atoms with E-state index in [1.165, 1.54) is 24.8 Å². The average molecular weight is 336 g/mol. The predicted octanol–water partition coefficient (Wildman–Crippen LogP) is 4.73. The fourth-order valence-electron chi connectivity index (χ4n) is 3.53. The summed E-state index contributed by atoms with van der Waals surface area (Å²) in [6.45, 7) is 2.09. The number of anilines is 2. The molecule has 0 radical (unpaired) electrons. The number of fused-ring (bicyclic) bond motifs is 1. The molecule has 0 spiro atoms. The second-order valence-electron chi connectivity index (χ2n) is 6.89. The first-order chi connectivity index (χ1) is 12.2. The first-order valence-electron chi connectivity index (χ1n) is 9.01. The van der Waals surface area contributed by atoms with Crippen LogP contribution in [0.1, 0.15) is 37.7 Å². The highest BCUT2D eigenvalue weighted by Crippen LogP contribution is 2.33. The summed E-state index contributed by atoms with van der Waals surface area (Å²) in [6.07, 6.45) is 10.0. The maximum absolute atomic E-state index is 6.35. The van der Waals surface area contributed by atoms with Crippen molar-refractivity contribution in [3.05, 3.63) is 42.4 Å². The highest BCUT2D eigenvalue weighted by molar-refractivity contribution is 5.88. The van der Waals surface area contributed by atoms with E-state index in [9.17, 15) is 0 Å². The van der Waals surface area contributed by atoms with Crippen LogP contribution >= 0.6 is 0 Å². The van der Waals surface area contributed by atoms with Crippen LogP contribution in [0.5, 0.6) is 5.75 Å². The molecule has 0 atom stereocenters. The SMILES string of the molecule is Cc1ccc(Nc2ncnc3ccn(C)c23)c(OC2CCCCC2)c1. The van der Waals surface area contributed by atoms with Crippen molar-refractivity contribution in [3.8, 4) is 5.75 Å². The van der Waals surface area contributed by atoms with E-state index >= 15 is 0 Å². The van der Waals surface area contributed by atoms with Crippen LogP contribution < -0.4 is 10.1 Å². The maximum atomic E-state index is 6.35. The van der Waals surface area contributed by atoms with E-state index in [1.54, 1.807) is 6.33 Å². The van der Waals surface area contributed by atoms with Crippen molar-refractivity contribution >= 4 is 22.5 Å². The summed E-state index contributed by atoms with van der Waals surface area (Å²) in [4.78, 5) is 8.78. The third-order valence-electron chi connectivity index (χ3n) is 4.90. The van der Waals surface area contributed by atoms with Gasteiger partial charge in [0.1, 0.15) is 17.6 Å². The van der Waals surface area contributed by atoms with Gasteiger partial charge in [-0.25, -0.2) is 9.97 Å². The number of nitrogens with one attached hydrogen (secondary N) is 1. The molecule has 0 amide bonds. The molecule has 5 nitrogen and oxygen atoms in total. The lowest BCUT2D eigenvalue weighted by molar-refractivity contribution is 0.156. The van der Waals surface area contributed by atoms with Gasteiger partial charge in [-0.1, -0.05) is 12.5 Å². The Morgan fingerprint density at radius 2 is 1.96 bits per heavy atom. The summed E-state index contributed by atoms with van der Waals surface area (Å²) in [5, 5.41) is 3.46. The molecule has 3 aromatic rings. The fourth-order valence-corrected chi connectivity index (χ4v) is 3.53. The summed E-state index contributed by atoms with van der Waals surface area (Å²) in [6, 6.07) is 8.28. The Kier molecular flexibility index (Phi) is 4.30. The summed E-state index contributed by atoms with van der Waals surface area (Å²) in [7, 11) is 2.01. The zero-order chi connectivity index (χ0) is 17.2. The molecule has 2 heterocycles. The van der Waals surface area contributed by atoms with Gasteiger partial charge in [0, 0.05) is 13.2 Å². The lowest BCUT2D eigenvalue weighted by Gasteiger charge is -2.24. The van der Waals surface area contributed by atoms with Crippen molar-refractivity contribution in [2.75, 3.05) is 5.32 Å². The third kappa shape index (κ3) is 3.31. The van der Waals surface area contributed by atoms with Crippen LogP contribution in [0.25, 0.3) is 11.0 Å². The van der Waals surface area contributed by atoms with Gasteiger partial charge in [-0.2, -0.15) is 0 Å². The van der Waals surface area contributed by atoms with E-state index in [1.807, 2.05) is 23.9 Å². The second kappa shape index (κ2) is 6.75. The number of aromatic nitrogens is 3. The Morgan fingerprint density at radius 3 is 2.80 bits per heavy atom. The molecule has 1 saturated carbocycles. The first-order valence-corrected chi connectivity index (χ1v) is 9.01. The topological polar surface area (TPSA) is 52.0 Å². The van der Waals surface area contributed by atoms with Crippen molar-refractivity contribution in [1.29, 1.82) is 0 Å². The Morgan fingerprint density at radius 1 is 1.12 bits per heavy atom. The van der Waals surface area contributed by atoms with Gasteiger partial charge in [-0.05, 0) is 56.4 Å². The van der Waals surface area contributed by atoms with Crippen molar-refractivity contribution in [1.82, 2.24) is 14.5 Å². The van der Waals surface area contributed by atoms with Gasteiger partial charge in [0.15, 0.2) is 5.82 Å². The Bertz CT molecular complexity index is 881. The molecule has 25 heavy (non-hydrogen) atoms. The average Bonchev–Trinajstić information content (AvgIpc) is 3.00. The molecule has 0 saturated heterocycles. The Balaban J connectivity index is 1.66. The smallest absolute Gasteiger partial charge is 0.158 e. The number of nitrogens with zero attached hydrogens (tertiary/aromatic N) is 3. The van der Waals surface area contributed by atoms with Gasteiger partial charge in [-0.15, -0.1) is 0 Å².